The summed E-state index contributed by atoms with van der Waals surface area (Å²) in [5.74, 6) is 0.143. The Bertz CT molecular complexity index is 431. The molecule has 2 aliphatic heterocycles. The zero-order valence-corrected chi connectivity index (χ0v) is 15.7. The summed E-state index contributed by atoms with van der Waals surface area (Å²) in [5, 5.41) is 3.04. The van der Waals surface area contributed by atoms with Crippen LogP contribution in [-0.2, 0) is 19.1 Å². The van der Waals surface area contributed by atoms with Crippen LogP contribution in [0.1, 0.15) is 38.5 Å². The van der Waals surface area contributed by atoms with Gasteiger partial charge in [-0.2, -0.15) is 0 Å². The molecule has 7 heteroatoms. The number of ether oxygens (including phenoxy) is 2. The van der Waals surface area contributed by atoms with Crippen LogP contribution in [-0.4, -0.2) is 87.3 Å². The van der Waals surface area contributed by atoms with Crippen molar-refractivity contribution in [3.05, 3.63) is 0 Å². The van der Waals surface area contributed by atoms with Gasteiger partial charge in [0.25, 0.3) is 0 Å². The van der Waals surface area contributed by atoms with Gasteiger partial charge in [0.05, 0.1) is 25.4 Å². The lowest BCUT2D eigenvalue weighted by Crippen LogP contribution is -2.51. The fraction of sp³-hybridized carbons (Fsp3) is 0.889. The van der Waals surface area contributed by atoms with Gasteiger partial charge in [0.15, 0.2) is 0 Å². The van der Waals surface area contributed by atoms with Crippen LogP contribution >= 0.6 is 0 Å². The second-order valence-electron chi connectivity index (χ2n) is 7.19. The number of likely N-dealkylation sites (tertiary alicyclic amines) is 1. The minimum Gasteiger partial charge on any atom is -0.379 e. The van der Waals surface area contributed by atoms with Gasteiger partial charge in [-0.15, -0.1) is 0 Å². The molecule has 2 rings (SSSR count). The standard InChI is InChI=1S/C18H33N3O4/c1-20(2)11-13-25-16-8-12-24-14-15(16)19-17(22)7-10-21-9-5-3-4-6-18(21)23/h15-16H,3-14H2,1-2H3,(H,19,22)/t15-,16+/m0/s1. The van der Waals surface area contributed by atoms with Crippen molar-refractivity contribution in [3.8, 4) is 0 Å². The summed E-state index contributed by atoms with van der Waals surface area (Å²) in [5.41, 5.74) is 0. The summed E-state index contributed by atoms with van der Waals surface area (Å²) >= 11 is 0. The highest BCUT2D eigenvalue weighted by atomic mass is 16.5. The van der Waals surface area contributed by atoms with Gasteiger partial charge in [0.2, 0.25) is 11.8 Å². The minimum atomic E-state index is -0.108. The largest absolute Gasteiger partial charge is 0.379 e. The highest BCUT2D eigenvalue weighted by molar-refractivity contribution is 5.79. The van der Waals surface area contributed by atoms with Crippen LogP contribution in [0.25, 0.3) is 0 Å². The minimum absolute atomic E-state index is 0.00234. The summed E-state index contributed by atoms with van der Waals surface area (Å²) in [6, 6.07) is -0.108. The first-order chi connectivity index (χ1) is 12.1. The Morgan fingerprint density at radius 3 is 3.00 bits per heavy atom. The fourth-order valence-electron chi connectivity index (χ4n) is 3.23. The lowest BCUT2D eigenvalue weighted by molar-refractivity contribution is -0.132. The van der Waals surface area contributed by atoms with Gasteiger partial charge < -0.3 is 24.6 Å². The Kier molecular flexibility index (Phi) is 8.64. The highest BCUT2D eigenvalue weighted by Gasteiger charge is 2.28. The van der Waals surface area contributed by atoms with Crippen LogP contribution in [0, 0.1) is 0 Å². The predicted molar refractivity (Wildman–Crippen MR) is 95.3 cm³/mol. The van der Waals surface area contributed by atoms with E-state index in [-0.39, 0.29) is 24.0 Å². The van der Waals surface area contributed by atoms with Gasteiger partial charge in [-0.1, -0.05) is 6.42 Å². The van der Waals surface area contributed by atoms with Crippen LogP contribution in [0.3, 0.4) is 0 Å². The number of rotatable bonds is 8. The molecule has 2 heterocycles. The maximum absolute atomic E-state index is 12.3. The molecule has 0 aromatic heterocycles. The van der Waals surface area contributed by atoms with Crippen LogP contribution < -0.4 is 5.32 Å². The van der Waals surface area contributed by atoms with Gasteiger partial charge in [0.1, 0.15) is 0 Å². The van der Waals surface area contributed by atoms with E-state index in [1.54, 1.807) is 0 Å². The molecular weight excluding hydrogens is 322 g/mol. The Hall–Kier alpha value is -1.18. The molecule has 0 aromatic rings. The van der Waals surface area contributed by atoms with Crippen LogP contribution in [0.2, 0.25) is 0 Å². The van der Waals surface area contributed by atoms with Crippen molar-refractivity contribution in [2.24, 2.45) is 0 Å². The van der Waals surface area contributed by atoms with Crippen LogP contribution in [0.15, 0.2) is 0 Å². The average molecular weight is 355 g/mol. The predicted octanol–water partition coefficient (Wildman–Crippen LogP) is 0.631. The van der Waals surface area contributed by atoms with Gasteiger partial charge >= 0.3 is 0 Å². The van der Waals surface area contributed by atoms with Crippen molar-refractivity contribution in [1.82, 2.24) is 15.1 Å². The second kappa shape index (κ2) is 10.7. The van der Waals surface area contributed by atoms with E-state index >= 15 is 0 Å². The number of amides is 2. The SMILES string of the molecule is CN(C)CCO[C@@H]1CCOC[C@@H]1NC(=O)CCN1CCCCCC1=O. The molecule has 0 saturated carbocycles. The number of likely N-dealkylation sites (N-methyl/N-ethyl adjacent to an activating group) is 1. The molecule has 2 fully saturated rings. The van der Waals surface area contributed by atoms with E-state index in [1.807, 2.05) is 19.0 Å². The molecule has 7 nitrogen and oxygen atoms in total. The average Bonchev–Trinajstić information content (AvgIpc) is 2.78. The van der Waals surface area contributed by atoms with Gasteiger partial charge in [-0.25, -0.2) is 0 Å². The molecule has 144 valence electrons. The van der Waals surface area contributed by atoms with E-state index in [4.69, 9.17) is 9.47 Å². The third-order valence-electron chi connectivity index (χ3n) is 4.79. The monoisotopic (exact) mass is 355 g/mol. The lowest BCUT2D eigenvalue weighted by Gasteiger charge is -2.32. The summed E-state index contributed by atoms with van der Waals surface area (Å²) in [6.45, 7) is 3.93. The van der Waals surface area contributed by atoms with Gasteiger partial charge in [-0.05, 0) is 33.4 Å². The first-order valence-electron chi connectivity index (χ1n) is 9.47. The molecule has 0 spiro atoms. The molecule has 0 radical (unpaired) electrons. The molecule has 0 bridgehead atoms. The van der Waals surface area contributed by atoms with Gasteiger partial charge in [-0.3, -0.25) is 9.59 Å². The fourth-order valence-corrected chi connectivity index (χ4v) is 3.23. The van der Waals surface area contributed by atoms with E-state index in [9.17, 15) is 9.59 Å². The van der Waals surface area contributed by atoms with Crippen LogP contribution in [0.4, 0.5) is 0 Å². The molecule has 1 N–H and O–H groups in total. The number of hydrogen-bond acceptors (Lipinski definition) is 5. The molecule has 2 saturated heterocycles. The summed E-state index contributed by atoms with van der Waals surface area (Å²) < 4.78 is 11.4. The first-order valence-corrected chi connectivity index (χ1v) is 9.47. The maximum Gasteiger partial charge on any atom is 0.222 e. The maximum atomic E-state index is 12.3. The molecular formula is C18H33N3O4. The van der Waals surface area contributed by atoms with Crippen molar-refractivity contribution in [3.63, 3.8) is 0 Å². The van der Waals surface area contributed by atoms with E-state index < -0.39 is 0 Å². The summed E-state index contributed by atoms with van der Waals surface area (Å²) in [6.07, 6.45) is 4.84. The number of carbonyl (C=O) groups excluding carboxylic acids is 2. The molecule has 25 heavy (non-hydrogen) atoms. The van der Waals surface area contributed by atoms with Gasteiger partial charge in [0, 0.05) is 39.1 Å². The van der Waals surface area contributed by atoms with E-state index in [1.165, 1.54) is 0 Å². The first kappa shape index (κ1) is 20.1. The summed E-state index contributed by atoms with van der Waals surface area (Å²) in [4.78, 5) is 28.2. The smallest absolute Gasteiger partial charge is 0.222 e. The topological polar surface area (TPSA) is 71.1 Å². The van der Waals surface area contributed by atoms with Crippen molar-refractivity contribution in [1.29, 1.82) is 0 Å². The quantitative estimate of drug-likeness (QED) is 0.692. The molecule has 0 aliphatic carbocycles. The Morgan fingerprint density at radius 1 is 1.36 bits per heavy atom. The molecule has 2 aliphatic rings. The Balaban J connectivity index is 1.73. The normalized spacial score (nSPS) is 25.1. The third kappa shape index (κ3) is 7.30. The van der Waals surface area contributed by atoms with E-state index in [0.717, 1.165) is 38.8 Å². The zero-order valence-electron chi connectivity index (χ0n) is 15.7. The van der Waals surface area contributed by atoms with Crippen LogP contribution in [0.5, 0.6) is 0 Å². The molecule has 0 unspecified atom stereocenters. The summed E-state index contributed by atoms with van der Waals surface area (Å²) in [7, 11) is 4.02. The number of hydrogen-bond donors (Lipinski definition) is 1. The molecule has 2 atom stereocenters. The van der Waals surface area contributed by atoms with Crippen molar-refractivity contribution in [2.75, 3.05) is 53.6 Å². The number of nitrogens with one attached hydrogen (secondary N) is 1. The van der Waals surface area contributed by atoms with E-state index in [2.05, 4.69) is 10.2 Å². The lowest BCUT2D eigenvalue weighted by atomic mass is 10.1. The van der Waals surface area contributed by atoms with E-state index in [0.29, 0.717) is 39.2 Å². The second-order valence-corrected chi connectivity index (χ2v) is 7.19. The number of nitrogens with zero attached hydrogens (tertiary/aromatic N) is 2. The molecule has 0 aromatic carbocycles. The van der Waals surface area contributed by atoms with Crippen molar-refractivity contribution >= 4 is 11.8 Å². The Labute approximate surface area is 151 Å². The third-order valence-corrected chi connectivity index (χ3v) is 4.79. The molecule has 2 amide bonds. The Morgan fingerprint density at radius 2 is 2.20 bits per heavy atom. The van der Waals surface area contributed by atoms with Crippen molar-refractivity contribution in [2.45, 2.75) is 50.7 Å². The highest BCUT2D eigenvalue weighted by Crippen LogP contribution is 2.13. The number of carbonyl (C=O) groups is 2. The van der Waals surface area contributed by atoms with Crippen molar-refractivity contribution < 1.29 is 19.1 Å². The zero-order chi connectivity index (χ0) is 18.1.